The zero-order valence-electron chi connectivity index (χ0n) is 14.0. The number of carbonyl (C=O) groups excluding carboxylic acids is 2. The summed E-state index contributed by atoms with van der Waals surface area (Å²) < 4.78 is 11.2. The second-order valence-electron chi connectivity index (χ2n) is 5.54. The highest BCUT2D eigenvalue weighted by Gasteiger charge is 2.29. The molecule has 0 unspecified atom stereocenters. The molecule has 6 nitrogen and oxygen atoms in total. The second kappa shape index (κ2) is 7.09. The fourth-order valence-corrected chi connectivity index (χ4v) is 2.42. The van der Waals surface area contributed by atoms with Crippen LogP contribution in [0.15, 0.2) is 54.2 Å². The highest BCUT2D eigenvalue weighted by atomic mass is 16.5. The van der Waals surface area contributed by atoms with Gasteiger partial charge in [-0.1, -0.05) is 36.4 Å². The van der Waals surface area contributed by atoms with E-state index in [2.05, 4.69) is 5.32 Å². The van der Waals surface area contributed by atoms with Crippen LogP contribution in [0.4, 0.5) is 4.79 Å². The SMILES string of the molecule is COc1cc(/C=C2/NC(=O)N(C)C2=O)ccc1OCc1ccccc1. The Hall–Kier alpha value is -3.28. The first kappa shape index (κ1) is 16.6. The third kappa shape index (κ3) is 3.63. The summed E-state index contributed by atoms with van der Waals surface area (Å²) in [5, 5.41) is 2.53. The average Bonchev–Trinajstić information content (AvgIpc) is 2.88. The first-order valence-corrected chi connectivity index (χ1v) is 7.74. The van der Waals surface area contributed by atoms with Crippen LogP contribution >= 0.6 is 0 Å². The van der Waals surface area contributed by atoms with Gasteiger partial charge < -0.3 is 14.8 Å². The van der Waals surface area contributed by atoms with Crippen LogP contribution in [0.1, 0.15) is 11.1 Å². The van der Waals surface area contributed by atoms with E-state index < -0.39 is 6.03 Å². The molecular weight excluding hydrogens is 320 g/mol. The number of nitrogens with zero attached hydrogens (tertiary/aromatic N) is 1. The fourth-order valence-electron chi connectivity index (χ4n) is 2.42. The van der Waals surface area contributed by atoms with Gasteiger partial charge in [-0.15, -0.1) is 0 Å². The molecule has 128 valence electrons. The van der Waals surface area contributed by atoms with Crippen molar-refractivity contribution in [2.75, 3.05) is 14.2 Å². The van der Waals surface area contributed by atoms with E-state index in [1.807, 2.05) is 30.3 Å². The van der Waals surface area contributed by atoms with Crippen molar-refractivity contribution < 1.29 is 19.1 Å². The van der Waals surface area contributed by atoms with Crippen LogP contribution in [0.25, 0.3) is 6.08 Å². The van der Waals surface area contributed by atoms with Crippen molar-refractivity contribution in [3.05, 3.63) is 65.4 Å². The molecule has 25 heavy (non-hydrogen) atoms. The number of amides is 3. The number of hydrogen-bond donors (Lipinski definition) is 1. The van der Waals surface area contributed by atoms with E-state index >= 15 is 0 Å². The molecule has 0 aliphatic carbocycles. The van der Waals surface area contributed by atoms with Crippen molar-refractivity contribution in [2.45, 2.75) is 6.61 Å². The Morgan fingerprint density at radius 2 is 1.84 bits per heavy atom. The number of hydrogen-bond acceptors (Lipinski definition) is 4. The number of methoxy groups -OCH3 is 1. The lowest BCUT2D eigenvalue weighted by molar-refractivity contribution is -0.121. The van der Waals surface area contributed by atoms with Gasteiger partial charge in [-0.05, 0) is 29.3 Å². The minimum Gasteiger partial charge on any atom is -0.493 e. The molecule has 0 bridgehead atoms. The Morgan fingerprint density at radius 3 is 2.48 bits per heavy atom. The molecule has 0 atom stereocenters. The first-order chi connectivity index (χ1) is 12.1. The Labute approximate surface area is 145 Å². The summed E-state index contributed by atoms with van der Waals surface area (Å²) in [7, 11) is 2.98. The van der Waals surface area contributed by atoms with Gasteiger partial charge in [-0.3, -0.25) is 9.69 Å². The van der Waals surface area contributed by atoms with E-state index in [-0.39, 0.29) is 11.6 Å². The maximum absolute atomic E-state index is 11.9. The average molecular weight is 338 g/mol. The molecule has 3 rings (SSSR count). The number of urea groups is 1. The third-order valence-corrected chi connectivity index (χ3v) is 3.82. The molecule has 0 radical (unpaired) electrons. The molecule has 2 aromatic rings. The maximum Gasteiger partial charge on any atom is 0.328 e. The Balaban J connectivity index is 1.78. The van der Waals surface area contributed by atoms with Crippen LogP contribution in [-0.4, -0.2) is 31.0 Å². The molecule has 1 saturated heterocycles. The van der Waals surface area contributed by atoms with Crippen molar-refractivity contribution in [3.63, 3.8) is 0 Å². The lowest BCUT2D eigenvalue weighted by atomic mass is 10.1. The summed E-state index contributed by atoms with van der Waals surface area (Å²) in [6.07, 6.45) is 1.60. The van der Waals surface area contributed by atoms with Gasteiger partial charge in [0.25, 0.3) is 5.91 Å². The predicted octanol–water partition coefficient (Wildman–Crippen LogP) is 2.80. The lowest BCUT2D eigenvalue weighted by Gasteiger charge is -2.11. The molecule has 6 heteroatoms. The number of imide groups is 1. The summed E-state index contributed by atoms with van der Waals surface area (Å²) in [6, 6.07) is 14.7. The molecule has 2 aromatic carbocycles. The van der Waals surface area contributed by atoms with E-state index in [9.17, 15) is 9.59 Å². The summed E-state index contributed by atoms with van der Waals surface area (Å²) in [4.78, 5) is 24.4. The highest BCUT2D eigenvalue weighted by Crippen LogP contribution is 2.30. The van der Waals surface area contributed by atoms with Crippen LogP contribution in [0.3, 0.4) is 0 Å². The van der Waals surface area contributed by atoms with Crippen LogP contribution in [0, 0.1) is 0 Å². The molecule has 1 heterocycles. The van der Waals surface area contributed by atoms with Crippen LogP contribution in [0.5, 0.6) is 11.5 Å². The molecule has 0 saturated carbocycles. The van der Waals surface area contributed by atoms with E-state index in [1.165, 1.54) is 7.05 Å². The van der Waals surface area contributed by atoms with Crippen molar-refractivity contribution in [2.24, 2.45) is 0 Å². The smallest absolute Gasteiger partial charge is 0.328 e. The van der Waals surface area contributed by atoms with Gasteiger partial charge in [-0.25, -0.2) is 4.79 Å². The molecular formula is C19H18N2O4. The highest BCUT2D eigenvalue weighted by molar-refractivity contribution is 6.13. The van der Waals surface area contributed by atoms with E-state index in [4.69, 9.17) is 9.47 Å². The van der Waals surface area contributed by atoms with E-state index in [1.54, 1.807) is 31.4 Å². The number of benzene rings is 2. The van der Waals surface area contributed by atoms with Crippen LogP contribution < -0.4 is 14.8 Å². The monoisotopic (exact) mass is 338 g/mol. The maximum atomic E-state index is 11.9. The van der Waals surface area contributed by atoms with Crippen molar-refractivity contribution in [1.29, 1.82) is 0 Å². The van der Waals surface area contributed by atoms with Gasteiger partial charge in [0.2, 0.25) is 0 Å². The largest absolute Gasteiger partial charge is 0.493 e. The number of ether oxygens (including phenoxy) is 2. The molecule has 1 N–H and O–H groups in total. The normalized spacial score (nSPS) is 15.4. The van der Waals surface area contributed by atoms with Gasteiger partial charge in [0.15, 0.2) is 11.5 Å². The molecule has 0 spiro atoms. The van der Waals surface area contributed by atoms with Gasteiger partial charge in [0.1, 0.15) is 12.3 Å². The summed E-state index contributed by atoms with van der Waals surface area (Å²) in [6.45, 7) is 0.428. The summed E-state index contributed by atoms with van der Waals surface area (Å²) in [5.41, 5.74) is 2.01. The quantitative estimate of drug-likeness (QED) is 0.672. The number of carbonyl (C=O) groups is 2. The van der Waals surface area contributed by atoms with Gasteiger partial charge in [-0.2, -0.15) is 0 Å². The van der Waals surface area contributed by atoms with Gasteiger partial charge in [0, 0.05) is 7.05 Å². The van der Waals surface area contributed by atoms with Crippen molar-refractivity contribution in [3.8, 4) is 11.5 Å². The fraction of sp³-hybridized carbons (Fsp3) is 0.158. The molecule has 1 fully saturated rings. The van der Waals surface area contributed by atoms with E-state index in [0.717, 1.165) is 16.0 Å². The zero-order chi connectivity index (χ0) is 17.8. The van der Waals surface area contributed by atoms with E-state index in [0.29, 0.717) is 18.1 Å². The first-order valence-electron chi connectivity index (χ1n) is 7.74. The topological polar surface area (TPSA) is 67.9 Å². The third-order valence-electron chi connectivity index (χ3n) is 3.82. The minimum atomic E-state index is -0.439. The molecule has 1 aliphatic heterocycles. The number of nitrogens with one attached hydrogen (secondary N) is 1. The molecule has 1 aliphatic rings. The molecule has 0 aromatic heterocycles. The Kier molecular flexibility index (Phi) is 4.70. The van der Waals surface area contributed by atoms with Gasteiger partial charge in [0.05, 0.1) is 7.11 Å². The number of likely N-dealkylation sites (N-methyl/N-ethyl adjacent to an activating group) is 1. The van der Waals surface area contributed by atoms with Crippen molar-refractivity contribution >= 4 is 18.0 Å². The summed E-state index contributed by atoms with van der Waals surface area (Å²) in [5.74, 6) is 0.788. The molecule has 3 amide bonds. The second-order valence-corrected chi connectivity index (χ2v) is 5.54. The van der Waals surface area contributed by atoms with Crippen LogP contribution in [0.2, 0.25) is 0 Å². The minimum absolute atomic E-state index is 0.229. The Morgan fingerprint density at radius 1 is 1.08 bits per heavy atom. The number of rotatable bonds is 5. The van der Waals surface area contributed by atoms with Gasteiger partial charge >= 0.3 is 6.03 Å². The predicted molar refractivity (Wildman–Crippen MR) is 93.0 cm³/mol. The van der Waals surface area contributed by atoms with Crippen molar-refractivity contribution in [1.82, 2.24) is 10.2 Å². The Bertz CT molecular complexity index is 831. The summed E-state index contributed by atoms with van der Waals surface area (Å²) >= 11 is 0. The standard InChI is InChI=1S/C19H18N2O4/c1-21-18(22)15(20-19(21)23)10-14-8-9-16(17(11-14)24-2)25-12-13-6-4-3-5-7-13/h3-11H,12H2,1-2H3,(H,20,23)/b15-10+. The zero-order valence-corrected chi connectivity index (χ0v) is 14.0. The van der Waals surface area contributed by atoms with Crippen LogP contribution in [-0.2, 0) is 11.4 Å². The lowest BCUT2D eigenvalue weighted by Crippen LogP contribution is -2.25.